The van der Waals surface area contributed by atoms with E-state index in [2.05, 4.69) is 26.7 Å². The number of nitrogens with zero attached hydrogens (tertiary/aromatic N) is 3. The second-order valence-corrected chi connectivity index (χ2v) is 2.67. The van der Waals surface area contributed by atoms with Gasteiger partial charge in [0.25, 0.3) is 0 Å². The first kappa shape index (κ1) is 13.8. The Kier molecular flexibility index (Phi) is 7.00. The summed E-state index contributed by atoms with van der Waals surface area (Å²) in [6.07, 6.45) is 0.506. The minimum atomic E-state index is -1.22. The van der Waals surface area contributed by atoms with Crippen LogP contribution in [0.4, 0.5) is 4.79 Å². The van der Waals surface area contributed by atoms with Crippen molar-refractivity contribution in [3.63, 3.8) is 0 Å². The van der Waals surface area contributed by atoms with Crippen molar-refractivity contribution in [1.29, 1.82) is 0 Å². The molecule has 0 spiro atoms. The number of amides is 1. The standard InChI is InChI=1S/C8H12N4O4/c1-2-5-16-8(15)11-6(7(13)14)3-4-10-12-9/h2,6H,1,3-5H2,(H,11,15)(H,13,14)/t6-/m0/s1. The molecule has 8 heteroatoms. The number of rotatable bonds is 7. The number of nitrogens with one attached hydrogen (secondary N) is 1. The molecule has 0 aromatic rings. The van der Waals surface area contributed by atoms with Gasteiger partial charge in [-0.15, -0.1) is 0 Å². The number of hydrogen-bond acceptors (Lipinski definition) is 4. The second-order valence-electron chi connectivity index (χ2n) is 2.67. The predicted molar refractivity (Wildman–Crippen MR) is 54.7 cm³/mol. The smallest absolute Gasteiger partial charge is 0.408 e. The van der Waals surface area contributed by atoms with Crippen molar-refractivity contribution >= 4 is 12.1 Å². The Morgan fingerprint density at radius 2 is 2.38 bits per heavy atom. The fourth-order valence-corrected chi connectivity index (χ4v) is 0.807. The van der Waals surface area contributed by atoms with Crippen LogP contribution < -0.4 is 5.32 Å². The molecule has 0 saturated carbocycles. The third-order valence-corrected chi connectivity index (χ3v) is 1.50. The second kappa shape index (κ2) is 8.13. The average Bonchev–Trinajstić information content (AvgIpc) is 2.25. The van der Waals surface area contributed by atoms with Gasteiger partial charge >= 0.3 is 12.1 Å². The Morgan fingerprint density at radius 3 is 2.88 bits per heavy atom. The van der Waals surface area contributed by atoms with Crippen LogP contribution in [0.5, 0.6) is 0 Å². The molecule has 0 unspecified atom stereocenters. The van der Waals surface area contributed by atoms with Crippen molar-refractivity contribution in [2.45, 2.75) is 12.5 Å². The molecule has 0 aliphatic carbocycles. The van der Waals surface area contributed by atoms with Crippen LogP contribution in [0.2, 0.25) is 0 Å². The topological polar surface area (TPSA) is 124 Å². The first-order chi connectivity index (χ1) is 7.61. The van der Waals surface area contributed by atoms with Gasteiger partial charge in [0.1, 0.15) is 12.6 Å². The summed E-state index contributed by atoms with van der Waals surface area (Å²) in [5, 5.41) is 14.0. The van der Waals surface area contributed by atoms with Gasteiger partial charge < -0.3 is 15.2 Å². The quantitative estimate of drug-likeness (QED) is 0.292. The van der Waals surface area contributed by atoms with E-state index in [0.29, 0.717) is 0 Å². The Balaban J connectivity index is 4.11. The molecule has 0 aromatic carbocycles. The highest BCUT2D eigenvalue weighted by Crippen LogP contribution is 1.95. The molecule has 0 radical (unpaired) electrons. The zero-order chi connectivity index (χ0) is 12.4. The van der Waals surface area contributed by atoms with Crippen LogP contribution in [0.25, 0.3) is 10.4 Å². The van der Waals surface area contributed by atoms with Gasteiger partial charge in [0.05, 0.1) is 0 Å². The van der Waals surface area contributed by atoms with E-state index in [9.17, 15) is 9.59 Å². The summed E-state index contributed by atoms with van der Waals surface area (Å²) in [6, 6.07) is -1.14. The number of carboxylic acids is 1. The monoisotopic (exact) mass is 228 g/mol. The van der Waals surface area contributed by atoms with Gasteiger partial charge in [0, 0.05) is 11.5 Å². The number of carboxylic acid groups (broad SMARTS) is 1. The summed E-state index contributed by atoms with van der Waals surface area (Å²) in [4.78, 5) is 24.1. The summed E-state index contributed by atoms with van der Waals surface area (Å²) in [5.41, 5.74) is 8.00. The van der Waals surface area contributed by atoms with Crippen LogP contribution in [0.15, 0.2) is 17.8 Å². The lowest BCUT2D eigenvalue weighted by atomic mass is 10.2. The minimum absolute atomic E-state index is 0.00256. The predicted octanol–water partition coefficient (Wildman–Crippen LogP) is 1.05. The van der Waals surface area contributed by atoms with Crippen molar-refractivity contribution in [2.75, 3.05) is 13.2 Å². The summed E-state index contributed by atoms with van der Waals surface area (Å²) >= 11 is 0. The van der Waals surface area contributed by atoms with Crippen molar-refractivity contribution in [1.82, 2.24) is 5.32 Å². The van der Waals surface area contributed by atoms with Gasteiger partial charge in [0.2, 0.25) is 0 Å². The summed E-state index contributed by atoms with van der Waals surface area (Å²) in [6.45, 7) is 3.31. The molecule has 16 heavy (non-hydrogen) atoms. The highest BCUT2D eigenvalue weighted by Gasteiger charge is 2.19. The number of ether oxygens (including phenoxy) is 1. The maximum atomic E-state index is 11.0. The molecule has 0 saturated heterocycles. The van der Waals surface area contributed by atoms with E-state index >= 15 is 0 Å². The van der Waals surface area contributed by atoms with E-state index in [1.807, 2.05) is 0 Å². The summed E-state index contributed by atoms with van der Waals surface area (Å²) in [5.74, 6) is -1.22. The molecule has 88 valence electrons. The van der Waals surface area contributed by atoms with Gasteiger partial charge in [-0.25, -0.2) is 9.59 Å². The van der Waals surface area contributed by atoms with Crippen molar-refractivity contribution < 1.29 is 19.4 Å². The number of azide groups is 1. The van der Waals surface area contributed by atoms with Crippen LogP contribution in [0.1, 0.15) is 6.42 Å². The minimum Gasteiger partial charge on any atom is -0.480 e. The lowest BCUT2D eigenvalue weighted by molar-refractivity contribution is -0.139. The zero-order valence-electron chi connectivity index (χ0n) is 8.50. The normalized spacial score (nSPS) is 10.8. The van der Waals surface area contributed by atoms with E-state index in [0.717, 1.165) is 0 Å². The molecule has 8 nitrogen and oxygen atoms in total. The molecule has 0 heterocycles. The molecule has 0 aromatic heterocycles. The van der Waals surface area contributed by atoms with Crippen molar-refractivity contribution in [3.05, 3.63) is 23.1 Å². The van der Waals surface area contributed by atoms with Crippen LogP contribution in [-0.4, -0.2) is 36.4 Å². The molecule has 0 bridgehead atoms. The Labute approximate surface area is 91.5 Å². The van der Waals surface area contributed by atoms with Crippen LogP contribution in [-0.2, 0) is 9.53 Å². The van der Waals surface area contributed by atoms with E-state index < -0.39 is 18.1 Å². The molecule has 0 fully saturated rings. The van der Waals surface area contributed by atoms with Crippen molar-refractivity contribution in [3.8, 4) is 0 Å². The van der Waals surface area contributed by atoms with Gasteiger partial charge in [-0.1, -0.05) is 17.8 Å². The third-order valence-electron chi connectivity index (χ3n) is 1.50. The maximum Gasteiger partial charge on any atom is 0.408 e. The maximum absolute atomic E-state index is 11.0. The first-order valence-electron chi connectivity index (χ1n) is 4.39. The van der Waals surface area contributed by atoms with E-state index in [4.69, 9.17) is 10.6 Å². The lowest BCUT2D eigenvalue weighted by Gasteiger charge is -2.12. The van der Waals surface area contributed by atoms with Crippen LogP contribution in [0.3, 0.4) is 0 Å². The molecule has 0 rings (SSSR count). The molecular weight excluding hydrogens is 216 g/mol. The van der Waals surface area contributed by atoms with E-state index in [1.165, 1.54) is 6.08 Å². The molecule has 0 aliphatic rings. The number of alkyl carbamates (subject to hydrolysis) is 1. The van der Waals surface area contributed by atoms with Crippen molar-refractivity contribution in [2.24, 2.45) is 5.11 Å². The Morgan fingerprint density at radius 1 is 1.69 bits per heavy atom. The summed E-state index contributed by atoms with van der Waals surface area (Å²) < 4.78 is 4.54. The first-order valence-corrected chi connectivity index (χ1v) is 4.39. The summed E-state index contributed by atoms with van der Waals surface area (Å²) in [7, 11) is 0. The zero-order valence-corrected chi connectivity index (χ0v) is 8.50. The number of carbonyl (C=O) groups is 2. The molecule has 0 aliphatic heterocycles. The number of aliphatic carboxylic acids is 1. The van der Waals surface area contributed by atoms with Crippen LogP contribution >= 0.6 is 0 Å². The highest BCUT2D eigenvalue weighted by atomic mass is 16.5. The van der Waals surface area contributed by atoms with Gasteiger partial charge in [0.15, 0.2) is 0 Å². The molecule has 1 amide bonds. The third kappa shape index (κ3) is 6.28. The number of hydrogen-bond donors (Lipinski definition) is 2. The van der Waals surface area contributed by atoms with E-state index in [-0.39, 0.29) is 19.6 Å². The van der Waals surface area contributed by atoms with Gasteiger partial charge in [-0.2, -0.15) is 0 Å². The van der Waals surface area contributed by atoms with Gasteiger partial charge in [-0.05, 0) is 12.0 Å². The lowest BCUT2D eigenvalue weighted by Crippen LogP contribution is -2.41. The fourth-order valence-electron chi connectivity index (χ4n) is 0.807. The van der Waals surface area contributed by atoms with E-state index in [1.54, 1.807) is 0 Å². The molecule has 1 atom stereocenters. The SMILES string of the molecule is C=CCOC(=O)N[C@@H](CCN=[N+]=[N-])C(=O)O. The molecular formula is C8H12N4O4. The number of carbonyl (C=O) groups excluding carboxylic acids is 1. The van der Waals surface area contributed by atoms with Crippen LogP contribution in [0, 0.1) is 0 Å². The van der Waals surface area contributed by atoms with Gasteiger partial charge in [-0.3, -0.25) is 0 Å². The molecule has 2 N–H and O–H groups in total. The largest absolute Gasteiger partial charge is 0.480 e. The Bertz CT molecular complexity index is 311. The fraction of sp³-hybridized carbons (Fsp3) is 0.500. The average molecular weight is 228 g/mol. The highest BCUT2D eigenvalue weighted by molar-refractivity contribution is 5.79. The Hall–Kier alpha value is -2.21.